The summed E-state index contributed by atoms with van der Waals surface area (Å²) in [4.78, 5) is 14.3. The van der Waals surface area contributed by atoms with Gasteiger partial charge >= 0.3 is 38.7 Å². The van der Waals surface area contributed by atoms with Crippen molar-refractivity contribution in [1.29, 1.82) is 0 Å². The molecule has 0 saturated heterocycles. The Labute approximate surface area is 71.2 Å². The van der Waals surface area contributed by atoms with Crippen LogP contribution in [0.2, 0.25) is 0 Å². The molecule has 0 fully saturated rings. The Hall–Kier alpha value is 1.15. The van der Waals surface area contributed by atoms with E-state index in [1.807, 2.05) is 0 Å². The molecule has 0 aliphatic rings. The van der Waals surface area contributed by atoms with Gasteiger partial charge < -0.3 is 11.0 Å². The minimum Gasteiger partial charge on any atom is -1.00 e. The largest absolute Gasteiger partial charge is 1.00 e. The summed E-state index contributed by atoms with van der Waals surface area (Å²) in [6, 6.07) is 0. The van der Waals surface area contributed by atoms with Crippen molar-refractivity contribution in [2.45, 2.75) is 0 Å². The van der Waals surface area contributed by atoms with Crippen molar-refractivity contribution in [3.63, 3.8) is 0 Å². The van der Waals surface area contributed by atoms with Crippen molar-refractivity contribution >= 4 is 26.5 Å². The van der Waals surface area contributed by atoms with Crippen molar-refractivity contribution in [3.05, 3.63) is 0 Å². The van der Waals surface area contributed by atoms with E-state index in [9.17, 15) is 0 Å². The van der Waals surface area contributed by atoms with Gasteiger partial charge in [0.15, 0.2) is 17.4 Å². The van der Waals surface area contributed by atoms with Gasteiger partial charge in [-0.2, -0.15) is 0 Å². The van der Waals surface area contributed by atoms with E-state index >= 15 is 0 Å². The molecule has 0 aliphatic heterocycles. The van der Waals surface area contributed by atoms with Crippen LogP contribution in [0.3, 0.4) is 0 Å². The Balaban J connectivity index is -0.0000000150. The van der Waals surface area contributed by atoms with Crippen LogP contribution in [0.15, 0.2) is 0 Å². The van der Waals surface area contributed by atoms with Gasteiger partial charge in [-0.1, -0.05) is 0 Å². The second-order valence-electron chi connectivity index (χ2n) is 0.283. The summed E-state index contributed by atoms with van der Waals surface area (Å²) in [6.07, 6.45) is 0. The molecule has 0 aromatic rings. The van der Waals surface area contributed by atoms with Crippen molar-refractivity contribution in [3.8, 4) is 0 Å². The predicted molar refractivity (Wildman–Crippen MR) is 21.9 cm³/mol. The van der Waals surface area contributed by atoms with E-state index in [-0.39, 0.29) is 48.3 Å². The molecule has 0 heterocycles. The van der Waals surface area contributed by atoms with E-state index < -0.39 is 9.17 Å². The first kappa shape index (κ1) is 15.7. The minimum atomic E-state index is -3.13. The van der Waals surface area contributed by atoms with Gasteiger partial charge in [0.05, 0.1) is 0 Å². The third-order valence-electron chi connectivity index (χ3n) is 0. The fraction of sp³-hybridized carbons (Fsp3) is 0. The first-order chi connectivity index (χ1) is 1.73. The van der Waals surface area contributed by atoms with E-state index in [1.54, 1.807) is 0 Å². The van der Waals surface area contributed by atoms with Crippen molar-refractivity contribution < 1.29 is 45.0 Å². The van der Waals surface area contributed by atoms with Crippen LogP contribution in [-0.4, -0.2) is 36.1 Å². The standard InChI is InChI=1S/Al.Na.H2O3Si.4H/c;;1-4(2)3;;;;/h;;1-2H;;;;/q;+1;;;;;-1. The van der Waals surface area contributed by atoms with E-state index in [0.717, 1.165) is 0 Å². The quantitative estimate of drug-likeness (QED) is 0.323. The molecule has 0 amide bonds. The molecule has 0 aliphatic carbocycles. The summed E-state index contributed by atoms with van der Waals surface area (Å²) >= 11 is 0. The average molecular weight is 132 g/mol. The molecule has 0 saturated carbocycles. The first-order valence-corrected chi connectivity index (χ1v) is 1.95. The Kier molecular flexibility index (Phi) is 24.8. The summed E-state index contributed by atoms with van der Waals surface area (Å²) in [5.41, 5.74) is 0. The van der Waals surface area contributed by atoms with Crippen LogP contribution in [-0.2, 0) is 4.46 Å². The van der Waals surface area contributed by atoms with Crippen molar-refractivity contribution in [2.24, 2.45) is 0 Å². The molecule has 6 heavy (non-hydrogen) atoms. The molecule has 0 atom stereocenters. The van der Waals surface area contributed by atoms with Gasteiger partial charge in [-0.05, 0) is 0 Å². The second-order valence-corrected chi connectivity index (χ2v) is 0.848. The summed E-state index contributed by atoms with van der Waals surface area (Å²) in [6.45, 7) is 0. The molecule has 6 heteroatoms. The van der Waals surface area contributed by atoms with E-state index in [2.05, 4.69) is 0 Å². The average Bonchev–Trinajstić information content (AvgIpc) is 0.811. The van der Waals surface area contributed by atoms with Gasteiger partial charge in [0, 0.05) is 0 Å². The zero-order valence-corrected chi connectivity index (χ0v) is 5.80. The third kappa shape index (κ3) is 67.1. The topological polar surface area (TPSA) is 57.5 Å². The Morgan fingerprint density at radius 2 is 1.50 bits per heavy atom. The molecule has 0 spiro atoms. The summed E-state index contributed by atoms with van der Waals surface area (Å²) in [5, 5.41) is 0. The maximum Gasteiger partial charge on any atom is 1.00 e. The molecular weight excluding hydrogens is 126 g/mol. The normalized spacial score (nSPS) is 4.00. The fourth-order valence-electron chi connectivity index (χ4n) is 0. The maximum absolute atomic E-state index is 8.74. The van der Waals surface area contributed by atoms with Crippen LogP contribution in [0.1, 0.15) is 1.43 Å². The SMILES string of the molecule is O=[Si](O)O.[AlH3].[H-].[Na+]. The van der Waals surface area contributed by atoms with Gasteiger partial charge in [0.25, 0.3) is 0 Å². The Morgan fingerprint density at radius 1 is 1.50 bits per heavy atom. The van der Waals surface area contributed by atoms with Gasteiger partial charge in [-0.25, -0.2) is 0 Å². The van der Waals surface area contributed by atoms with Crippen LogP contribution in [0, 0.1) is 0 Å². The first-order valence-electron chi connectivity index (χ1n) is 0.651. The number of hydrogen-bond donors (Lipinski definition) is 2. The van der Waals surface area contributed by atoms with Crippen LogP contribution in [0.25, 0.3) is 0 Å². The summed E-state index contributed by atoms with van der Waals surface area (Å²) in [5.74, 6) is 0. The zero-order valence-electron chi connectivity index (χ0n) is 3.80. The molecule has 2 N–H and O–H groups in total. The third-order valence-corrected chi connectivity index (χ3v) is 0. The van der Waals surface area contributed by atoms with E-state index in [4.69, 9.17) is 14.1 Å². The predicted octanol–water partition coefficient (Wildman–Crippen LogP) is -5.68. The zero-order chi connectivity index (χ0) is 3.58. The monoisotopic (exact) mass is 132 g/mol. The Morgan fingerprint density at radius 3 is 1.50 bits per heavy atom. The van der Waals surface area contributed by atoms with Gasteiger partial charge in [-0.3, -0.25) is 4.46 Å². The molecule has 0 aromatic heterocycles. The molecular formula is H6AlNaO3Si. The van der Waals surface area contributed by atoms with Crippen LogP contribution < -0.4 is 29.6 Å². The van der Waals surface area contributed by atoms with Gasteiger partial charge in [-0.15, -0.1) is 0 Å². The summed E-state index contributed by atoms with van der Waals surface area (Å²) < 4.78 is 8.74. The van der Waals surface area contributed by atoms with Crippen molar-refractivity contribution in [1.82, 2.24) is 0 Å². The molecule has 0 rings (SSSR count). The molecule has 0 aromatic carbocycles. The number of rotatable bonds is 0. The summed E-state index contributed by atoms with van der Waals surface area (Å²) in [7, 11) is -3.13. The maximum atomic E-state index is 8.74. The molecule has 0 unspecified atom stereocenters. The fourth-order valence-corrected chi connectivity index (χ4v) is 0. The van der Waals surface area contributed by atoms with Crippen LogP contribution in [0.5, 0.6) is 0 Å². The number of hydrogen-bond acceptors (Lipinski definition) is 1. The van der Waals surface area contributed by atoms with Crippen molar-refractivity contribution in [2.75, 3.05) is 0 Å². The van der Waals surface area contributed by atoms with Crippen LogP contribution in [0.4, 0.5) is 0 Å². The van der Waals surface area contributed by atoms with E-state index in [1.165, 1.54) is 0 Å². The minimum absolute atomic E-state index is 0. The van der Waals surface area contributed by atoms with Crippen LogP contribution >= 0.6 is 0 Å². The molecule has 0 bridgehead atoms. The van der Waals surface area contributed by atoms with Gasteiger partial charge in [0.2, 0.25) is 0 Å². The molecule has 3 nitrogen and oxygen atoms in total. The van der Waals surface area contributed by atoms with E-state index in [0.29, 0.717) is 0 Å². The van der Waals surface area contributed by atoms with Gasteiger partial charge in [0.1, 0.15) is 0 Å². The Bertz CT molecular complexity index is 37.9. The molecule has 0 radical (unpaired) electrons. The molecule has 32 valence electrons. The smallest absolute Gasteiger partial charge is 1.00 e. The second kappa shape index (κ2) is 9.47.